The molecule has 0 aromatic carbocycles. The minimum absolute atomic E-state index is 0.0356. The van der Waals surface area contributed by atoms with E-state index in [-0.39, 0.29) is 23.8 Å². The number of amides is 3. The third kappa shape index (κ3) is 2.50. The SMILES string of the molecule is O=C1CCC(CNC(=O)C2CCC(=O)N2)N1. The summed E-state index contributed by atoms with van der Waals surface area (Å²) >= 11 is 0. The van der Waals surface area contributed by atoms with E-state index in [4.69, 9.17) is 0 Å². The second kappa shape index (κ2) is 4.51. The summed E-state index contributed by atoms with van der Waals surface area (Å²) in [6.07, 6.45) is 2.26. The summed E-state index contributed by atoms with van der Waals surface area (Å²) in [5, 5.41) is 8.11. The average molecular weight is 225 g/mol. The quantitative estimate of drug-likeness (QED) is 0.555. The van der Waals surface area contributed by atoms with E-state index >= 15 is 0 Å². The molecular weight excluding hydrogens is 210 g/mol. The Morgan fingerprint density at radius 3 is 2.44 bits per heavy atom. The molecule has 2 heterocycles. The third-order valence-corrected chi connectivity index (χ3v) is 2.92. The summed E-state index contributed by atoms with van der Waals surface area (Å²) in [6.45, 7) is 0.441. The van der Waals surface area contributed by atoms with Crippen molar-refractivity contribution in [2.45, 2.75) is 37.8 Å². The van der Waals surface area contributed by atoms with E-state index in [1.54, 1.807) is 0 Å². The van der Waals surface area contributed by atoms with Gasteiger partial charge in [0.1, 0.15) is 6.04 Å². The maximum absolute atomic E-state index is 11.6. The highest BCUT2D eigenvalue weighted by atomic mass is 16.2. The zero-order chi connectivity index (χ0) is 11.5. The van der Waals surface area contributed by atoms with Crippen molar-refractivity contribution in [2.24, 2.45) is 0 Å². The van der Waals surface area contributed by atoms with Crippen molar-refractivity contribution < 1.29 is 14.4 Å². The zero-order valence-corrected chi connectivity index (χ0v) is 8.91. The Balaban J connectivity index is 1.71. The number of hydrogen-bond acceptors (Lipinski definition) is 3. The van der Waals surface area contributed by atoms with E-state index < -0.39 is 6.04 Å². The second-order valence-electron chi connectivity index (χ2n) is 4.21. The highest BCUT2D eigenvalue weighted by molar-refractivity contribution is 5.90. The van der Waals surface area contributed by atoms with Crippen molar-refractivity contribution in [3.05, 3.63) is 0 Å². The van der Waals surface area contributed by atoms with Gasteiger partial charge in [0.15, 0.2) is 0 Å². The zero-order valence-electron chi connectivity index (χ0n) is 8.91. The van der Waals surface area contributed by atoms with Crippen molar-refractivity contribution in [1.29, 1.82) is 0 Å². The summed E-state index contributed by atoms with van der Waals surface area (Å²) < 4.78 is 0. The molecule has 6 heteroatoms. The topological polar surface area (TPSA) is 87.3 Å². The van der Waals surface area contributed by atoms with E-state index in [1.807, 2.05) is 0 Å². The molecule has 2 rings (SSSR count). The predicted octanol–water partition coefficient (Wildman–Crippen LogP) is -1.34. The molecule has 6 nitrogen and oxygen atoms in total. The molecule has 3 amide bonds. The van der Waals surface area contributed by atoms with E-state index in [0.717, 1.165) is 6.42 Å². The van der Waals surface area contributed by atoms with Gasteiger partial charge in [0.05, 0.1) is 0 Å². The lowest BCUT2D eigenvalue weighted by Crippen LogP contribution is -2.46. The summed E-state index contributed by atoms with van der Waals surface area (Å²) in [4.78, 5) is 33.4. The molecule has 2 unspecified atom stereocenters. The molecule has 0 aliphatic carbocycles. The lowest BCUT2D eigenvalue weighted by atomic mass is 10.2. The monoisotopic (exact) mass is 225 g/mol. The number of carbonyl (C=O) groups excluding carboxylic acids is 3. The number of carbonyl (C=O) groups is 3. The van der Waals surface area contributed by atoms with Gasteiger partial charge in [0, 0.05) is 25.4 Å². The van der Waals surface area contributed by atoms with Gasteiger partial charge in [-0.1, -0.05) is 0 Å². The average Bonchev–Trinajstić information content (AvgIpc) is 2.84. The van der Waals surface area contributed by atoms with E-state index in [0.29, 0.717) is 25.8 Å². The van der Waals surface area contributed by atoms with Crippen LogP contribution in [-0.4, -0.2) is 36.3 Å². The van der Waals surface area contributed by atoms with Gasteiger partial charge < -0.3 is 16.0 Å². The van der Waals surface area contributed by atoms with Crippen molar-refractivity contribution in [3.63, 3.8) is 0 Å². The van der Waals surface area contributed by atoms with Gasteiger partial charge in [0.25, 0.3) is 0 Å². The van der Waals surface area contributed by atoms with Crippen LogP contribution in [0.1, 0.15) is 25.7 Å². The Kier molecular flexibility index (Phi) is 3.07. The molecule has 0 bridgehead atoms. The van der Waals surface area contributed by atoms with Gasteiger partial charge in [-0.3, -0.25) is 14.4 Å². The largest absolute Gasteiger partial charge is 0.352 e. The van der Waals surface area contributed by atoms with Crippen molar-refractivity contribution >= 4 is 17.7 Å². The van der Waals surface area contributed by atoms with Crippen LogP contribution < -0.4 is 16.0 Å². The molecule has 16 heavy (non-hydrogen) atoms. The molecule has 2 atom stereocenters. The van der Waals surface area contributed by atoms with Crippen molar-refractivity contribution in [2.75, 3.05) is 6.54 Å². The number of rotatable bonds is 3. The molecule has 2 aliphatic rings. The Bertz CT molecular complexity index is 329. The first kappa shape index (κ1) is 10.9. The van der Waals surface area contributed by atoms with Crippen molar-refractivity contribution in [3.8, 4) is 0 Å². The molecule has 3 N–H and O–H groups in total. The normalized spacial score (nSPS) is 28.8. The highest BCUT2D eigenvalue weighted by Gasteiger charge is 2.28. The van der Waals surface area contributed by atoms with Gasteiger partial charge in [-0.2, -0.15) is 0 Å². The lowest BCUT2D eigenvalue weighted by Gasteiger charge is -2.14. The second-order valence-corrected chi connectivity index (χ2v) is 4.21. The minimum atomic E-state index is -0.399. The van der Waals surface area contributed by atoms with Crippen LogP contribution in [0.3, 0.4) is 0 Å². The molecule has 0 aromatic heterocycles. The van der Waals surface area contributed by atoms with Crippen LogP contribution in [0.4, 0.5) is 0 Å². The first-order valence-corrected chi connectivity index (χ1v) is 5.51. The molecule has 2 aliphatic heterocycles. The van der Waals surface area contributed by atoms with Crippen molar-refractivity contribution in [1.82, 2.24) is 16.0 Å². The van der Waals surface area contributed by atoms with Crippen LogP contribution in [0.15, 0.2) is 0 Å². The Morgan fingerprint density at radius 1 is 1.19 bits per heavy atom. The summed E-state index contributed by atoms with van der Waals surface area (Å²) in [7, 11) is 0. The van der Waals surface area contributed by atoms with Crippen LogP contribution in [0.2, 0.25) is 0 Å². The molecule has 0 spiro atoms. The summed E-state index contributed by atoms with van der Waals surface area (Å²) in [5.74, 6) is -0.199. The molecule has 0 radical (unpaired) electrons. The Labute approximate surface area is 93.1 Å². The fourth-order valence-corrected chi connectivity index (χ4v) is 1.99. The molecule has 0 aromatic rings. The first-order chi connectivity index (χ1) is 7.65. The highest BCUT2D eigenvalue weighted by Crippen LogP contribution is 2.08. The Morgan fingerprint density at radius 2 is 1.88 bits per heavy atom. The van der Waals surface area contributed by atoms with Gasteiger partial charge in [-0.15, -0.1) is 0 Å². The molecule has 2 fully saturated rings. The summed E-state index contributed by atoms with van der Waals surface area (Å²) in [6, 6.07) is -0.363. The summed E-state index contributed by atoms with van der Waals surface area (Å²) in [5.41, 5.74) is 0. The van der Waals surface area contributed by atoms with Gasteiger partial charge in [0.2, 0.25) is 17.7 Å². The van der Waals surface area contributed by atoms with Crippen LogP contribution in [-0.2, 0) is 14.4 Å². The predicted molar refractivity (Wildman–Crippen MR) is 55.3 cm³/mol. The smallest absolute Gasteiger partial charge is 0.242 e. The lowest BCUT2D eigenvalue weighted by molar-refractivity contribution is -0.125. The fraction of sp³-hybridized carbons (Fsp3) is 0.700. The molecular formula is C10H15N3O3. The van der Waals surface area contributed by atoms with Gasteiger partial charge in [-0.25, -0.2) is 0 Å². The van der Waals surface area contributed by atoms with Crippen LogP contribution >= 0.6 is 0 Å². The van der Waals surface area contributed by atoms with Gasteiger partial charge in [-0.05, 0) is 12.8 Å². The fourth-order valence-electron chi connectivity index (χ4n) is 1.99. The van der Waals surface area contributed by atoms with E-state index in [2.05, 4.69) is 16.0 Å². The molecule has 0 saturated carbocycles. The molecule has 2 saturated heterocycles. The van der Waals surface area contributed by atoms with Crippen LogP contribution in [0.25, 0.3) is 0 Å². The van der Waals surface area contributed by atoms with Crippen LogP contribution in [0.5, 0.6) is 0 Å². The minimum Gasteiger partial charge on any atom is -0.352 e. The molecule has 88 valence electrons. The number of hydrogen-bond donors (Lipinski definition) is 3. The van der Waals surface area contributed by atoms with E-state index in [1.165, 1.54) is 0 Å². The van der Waals surface area contributed by atoms with Crippen LogP contribution in [0, 0.1) is 0 Å². The first-order valence-electron chi connectivity index (χ1n) is 5.51. The standard InChI is InChI=1S/C10H15N3O3/c14-8-3-1-6(12-8)5-11-10(16)7-2-4-9(15)13-7/h6-7H,1-5H2,(H,11,16)(H,12,14)(H,13,15). The van der Waals surface area contributed by atoms with E-state index in [9.17, 15) is 14.4 Å². The third-order valence-electron chi connectivity index (χ3n) is 2.92. The number of nitrogens with one attached hydrogen (secondary N) is 3. The Hall–Kier alpha value is -1.59. The maximum Gasteiger partial charge on any atom is 0.242 e. The maximum atomic E-state index is 11.6. The van der Waals surface area contributed by atoms with Gasteiger partial charge >= 0.3 is 0 Å².